The molecule has 1 heterocycles. The molecule has 1 saturated heterocycles. The Morgan fingerprint density at radius 2 is 1.88 bits per heavy atom. The minimum atomic E-state index is -0.192. The van der Waals surface area contributed by atoms with Crippen molar-refractivity contribution >= 4 is 5.91 Å². The fraction of sp³-hybridized carbons (Fsp3) is 0.632. The number of halogens is 1. The fourth-order valence-corrected chi connectivity index (χ4v) is 4.06. The minimum Gasteiger partial charge on any atom is -0.353 e. The van der Waals surface area contributed by atoms with E-state index in [0.717, 1.165) is 57.3 Å². The molecule has 2 fully saturated rings. The van der Waals surface area contributed by atoms with Gasteiger partial charge >= 0.3 is 0 Å². The first kappa shape index (κ1) is 17.4. The van der Waals surface area contributed by atoms with Gasteiger partial charge in [0.25, 0.3) is 0 Å². The van der Waals surface area contributed by atoms with Crippen LogP contribution in [-0.4, -0.2) is 36.5 Å². The third kappa shape index (κ3) is 4.33. The summed E-state index contributed by atoms with van der Waals surface area (Å²) in [7, 11) is 0. The minimum absolute atomic E-state index is 0.118. The zero-order valence-corrected chi connectivity index (χ0v) is 14.2. The summed E-state index contributed by atoms with van der Waals surface area (Å²) in [5, 5.41) is 3.25. The molecule has 1 aliphatic carbocycles. The summed E-state index contributed by atoms with van der Waals surface area (Å²) in [6, 6.07) is 6.99. The molecule has 1 aliphatic heterocycles. The van der Waals surface area contributed by atoms with E-state index < -0.39 is 0 Å². The van der Waals surface area contributed by atoms with Gasteiger partial charge in [-0.05, 0) is 55.8 Å². The lowest BCUT2D eigenvalue weighted by molar-refractivity contribution is -0.127. The number of nitrogens with zero attached hydrogens (tertiary/aromatic N) is 1. The molecule has 0 spiro atoms. The number of nitrogens with one attached hydrogen (secondary N) is 1. The second-order valence-electron chi connectivity index (χ2n) is 7.22. The highest BCUT2D eigenvalue weighted by Crippen LogP contribution is 2.31. The van der Waals surface area contributed by atoms with Crippen LogP contribution in [-0.2, 0) is 11.3 Å². The van der Waals surface area contributed by atoms with Gasteiger partial charge in [0.15, 0.2) is 0 Å². The third-order valence-corrected chi connectivity index (χ3v) is 5.55. The van der Waals surface area contributed by atoms with Crippen LogP contribution in [0.5, 0.6) is 0 Å². The van der Waals surface area contributed by atoms with Gasteiger partial charge in [0.05, 0.1) is 0 Å². The number of carbonyl (C=O) groups excluding carboxylic acids is 1. The van der Waals surface area contributed by atoms with E-state index in [1.165, 1.54) is 12.1 Å². The summed E-state index contributed by atoms with van der Waals surface area (Å²) in [6.07, 6.45) is 5.15. The lowest BCUT2D eigenvalue weighted by atomic mass is 9.94. The van der Waals surface area contributed by atoms with Gasteiger partial charge in [0.2, 0.25) is 5.91 Å². The Morgan fingerprint density at radius 1 is 1.17 bits per heavy atom. The molecule has 5 heteroatoms. The van der Waals surface area contributed by atoms with Crippen LogP contribution in [0, 0.1) is 17.7 Å². The molecule has 0 radical (unpaired) electrons. The molecule has 1 saturated carbocycles. The van der Waals surface area contributed by atoms with Crippen LogP contribution in [0.3, 0.4) is 0 Å². The molecular formula is C19H28FN3O. The van der Waals surface area contributed by atoms with Crippen LogP contribution in [0.4, 0.5) is 4.39 Å². The van der Waals surface area contributed by atoms with Crippen molar-refractivity contribution in [1.29, 1.82) is 0 Å². The summed E-state index contributed by atoms with van der Waals surface area (Å²) in [6.45, 7) is 3.40. The molecule has 1 aromatic carbocycles. The monoisotopic (exact) mass is 333 g/mol. The van der Waals surface area contributed by atoms with Crippen LogP contribution >= 0.6 is 0 Å². The second-order valence-corrected chi connectivity index (χ2v) is 7.22. The SMILES string of the molecule is NC[C@H]1CCC[C@H]1C(=O)NC1CCN(Cc2ccc(F)cc2)CC1. The summed E-state index contributed by atoms with van der Waals surface area (Å²) in [5.74, 6) is 0.499. The maximum Gasteiger partial charge on any atom is 0.223 e. The van der Waals surface area contributed by atoms with E-state index >= 15 is 0 Å². The highest BCUT2D eigenvalue weighted by molar-refractivity contribution is 5.79. The van der Waals surface area contributed by atoms with Crippen molar-refractivity contribution in [2.24, 2.45) is 17.6 Å². The molecule has 3 N–H and O–H groups in total. The van der Waals surface area contributed by atoms with Crippen molar-refractivity contribution < 1.29 is 9.18 Å². The first-order chi connectivity index (χ1) is 11.7. The van der Waals surface area contributed by atoms with Crippen molar-refractivity contribution in [3.63, 3.8) is 0 Å². The van der Waals surface area contributed by atoms with Gasteiger partial charge in [0, 0.05) is 31.6 Å². The largest absolute Gasteiger partial charge is 0.353 e. The smallest absolute Gasteiger partial charge is 0.223 e. The summed E-state index contributed by atoms with van der Waals surface area (Å²) in [4.78, 5) is 14.8. The number of likely N-dealkylation sites (tertiary alicyclic amines) is 1. The molecule has 0 unspecified atom stereocenters. The van der Waals surface area contributed by atoms with Crippen LogP contribution in [0.1, 0.15) is 37.7 Å². The van der Waals surface area contributed by atoms with Crippen LogP contribution in [0.25, 0.3) is 0 Å². The average Bonchev–Trinajstić information content (AvgIpc) is 3.07. The molecule has 132 valence electrons. The standard InChI is InChI=1S/C19H28FN3O/c20-16-6-4-14(5-7-16)13-23-10-8-17(9-11-23)22-19(24)18-3-1-2-15(18)12-21/h4-7,15,17-18H,1-3,8-13,21H2,(H,22,24)/t15-,18-/m1/s1. The topological polar surface area (TPSA) is 58.4 Å². The molecule has 24 heavy (non-hydrogen) atoms. The van der Waals surface area contributed by atoms with Gasteiger partial charge in [-0.3, -0.25) is 9.69 Å². The molecule has 1 amide bonds. The van der Waals surface area contributed by atoms with E-state index in [1.54, 1.807) is 0 Å². The Labute approximate surface area is 143 Å². The Morgan fingerprint density at radius 3 is 2.54 bits per heavy atom. The zero-order chi connectivity index (χ0) is 16.9. The van der Waals surface area contributed by atoms with Crippen molar-refractivity contribution in [2.45, 2.75) is 44.7 Å². The fourth-order valence-electron chi connectivity index (χ4n) is 4.06. The van der Waals surface area contributed by atoms with E-state index in [2.05, 4.69) is 10.2 Å². The maximum atomic E-state index is 13.0. The third-order valence-electron chi connectivity index (χ3n) is 5.55. The number of piperidine rings is 1. The quantitative estimate of drug-likeness (QED) is 0.869. The Bertz CT molecular complexity index is 540. The summed E-state index contributed by atoms with van der Waals surface area (Å²) >= 11 is 0. The first-order valence-corrected chi connectivity index (χ1v) is 9.13. The zero-order valence-electron chi connectivity index (χ0n) is 14.2. The van der Waals surface area contributed by atoms with Gasteiger partial charge in [-0.2, -0.15) is 0 Å². The Hall–Kier alpha value is -1.46. The Balaban J connectivity index is 1.43. The van der Waals surface area contributed by atoms with Crippen LogP contribution < -0.4 is 11.1 Å². The highest BCUT2D eigenvalue weighted by Gasteiger charge is 2.33. The normalized spacial score (nSPS) is 25.8. The maximum absolute atomic E-state index is 13.0. The van der Waals surface area contributed by atoms with E-state index in [4.69, 9.17) is 5.73 Å². The number of carbonyl (C=O) groups is 1. The molecule has 4 nitrogen and oxygen atoms in total. The van der Waals surface area contributed by atoms with Crippen molar-refractivity contribution in [2.75, 3.05) is 19.6 Å². The van der Waals surface area contributed by atoms with Crippen LogP contribution in [0.15, 0.2) is 24.3 Å². The predicted octanol–water partition coefficient (Wildman–Crippen LogP) is 2.28. The van der Waals surface area contributed by atoms with Gasteiger partial charge in [-0.15, -0.1) is 0 Å². The molecule has 2 atom stereocenters. The average molecular weight is 333 g/mol. The van der Waals surface area contributed by atoms with Gasteiger partial charge < -0.3 is 11.1 Å². The number of nitrogens with two attached hydrogens (primary N) is 1. The van der Waals surface area contributed by atoms with Crippen molar-refractivity contribution in [3.05, 3.63) is 35.6 Å². The Kier molecular flexibility index (Phi) is 5.85. The number of hydrogen-bond donors (Lipinski definition) is 2. The number of amides is 1. The van der Waals surface area contributed by atoms with Crippen molar-refractivity contribution in [3.8, 4) is 0 Å². The van der Waals surface area contributed by atoms with Crippen LogP contribution in [0.2, 0.25) is 0 Å². The van der Waals surface area contributed by atoms with Crippen molar-refractivity contribution in [1.82, 2.24) is 10.2 Å². The highest BCUT2D eigenvalue weighted by atomic mass is 19.1. The second kappa shape index (κ2) is 8.08. The molecule has 0 bridgehead atoms. The summed E-state index contributed by atoms with van der Waals surface area (Å²) < 4.78 is 13.0. The van der Waals surface area contributed by atoms with E-state index in [-0.39, 0.29) is 23.7 Å². The van der Waals surface area contributed by atoms with Gasteiger partial charge in [-0.25, -0.2) is 4.39 Å². The van der Waals surface area contributed by atoms with Gasteiger partial charge in [-0.1, -0.05) is 18.6 Å². The van der Waals surface area contributed by atoms with E-state index in [1.807, 2.05) is 12.1 Å². The lowest BCUT2D eigenvalue weighted by Crippen LogP contribution is -2.47. The molecule has 3 rings (SSSR count). The van der Waals surface area contributed by atoms with Gasteiger partial charge in [0.1, 0.15) is 5.82 Å². The molecule has 2 aliphatic rings. The molecule has 0 aromatic heterocycles. The molecular weight excluding hydrogens is 305 g/mol. The number of benzene rings is 1. The predicted molar refractivity (Wildman–Crippen MR) is 92.7 cm³/mol. The number of rotatable bonds is 5. The summed E-state index contributed by atoms with van der Waals surface area (Å²) in [5.41, 5.74) is 6.92. The first-order valence-electron chi connectivity index (χ1n) is 9.13. The lowest BCUT2D eigenvalue weighted by Gasteiger charge is -2.33. The van der Waals surface area contributed by atoms with E-state index in [9.17, 15) is 9.18 Å². The number of hydrogen-bond acceptors (Lipinski definition) is 3. The van der Waals surface area contributed by atoms with E-state index in [0.29, 0.717) is 12.5 Å². The molecule has 1 aromatic rings.